The van der Waals surface area contributed by atoms with Gasteiger partial charge in [-0.25, -0.2) is 14.5 Å². The summed E-state index contributed by atoms with van der Waals surface area (Å²) < 4.78 is 41.2. The Labute approximate surface area is 158 Å². The molecule has 0 fully saturated rings. The Morgan fingerprint density at radius 2 is 1.56 bits per heavy atom. The molecular formula is C15H28N2O9S. The molecule has 0 saturated carbocycles. The van der Waals surface area contributed by atoms with Crippen molar-refractivity contribution in [1.82, 2.24) is 4.90 Å². The molecule has 0 heterocycles. The smallest absolute Gasteiger partial charge is 0.417 e. The van der Waals surface area contributed by atoms with Crippen molar-refractivity contribution in [1.29, 1.82) is 0 Å². The molecule has 11 nitrogen and oxygen atoms in total. The van der Waals surface area contributed by atoms with Crippen LogP contribution < -0.4 is 5.73 Å². The lowest BCUT2D eigenvalue weighted by atomic mass is 10.1. The van der Waals surface area contributed by atoms with E-state index < -0.39 is 63.7 Å². The van der Waals surface area contributed by atoms with Crippen molar-refractivity contribution in [3.05, 3.63) is 0 Å². The van der Waals surface area contributed by atoms with E-state index in [4.69, 9.17) is 19.8 Å². The minimum Gasteiger partial charge on any atom is -0.480 e. The second-order valence-corrected chi connectivity index (χ2v) is 9.32. The molecule has 0 aliphatic carbocycles. The summed E-state index contributed by atoms with van der Waals surface area (Å²) in [6, 6.07) is -3.71. The summed E-state index contributed by atoms with van der Waals surface area (Å²) in [5.41, 5.74) is 3.60. The Balaban J connectivity index is 5.88. The Hall–Kier alpha value is -1.76. The zero-order valence-electron chi connectivity index (χ0n) is 16.3. The number of nitrogens with two attached hydrogens (primary N) is 1. The molecule has 2 atom stereocenters. The summed E-state index contributed by atoms with van der Waals surface area (Å²) in [6.45, 7) is 8.80. The van der Waals surface area contributed by atoms with Gasteiger partial charge < -0.3 is 20.3 Å². The Morgan fingerprint density at radius 1 is 1.07 bits per heavy atom. The minimum atomic E-state index is -4.65. The van der Waals surface area contributed by atoms with Gasteiger partial charge in [-0.2, -0.15) is 8.42 Å². The SMILES string of the molecule is CC(C)(C)OC[C@@H](C(=O)O)N(C(=O)OC(C)(C)C)C(=O)[C@@H](N)CS(=O)(=O)O. The number of carbonyl (C=O) groups excluding carboxylic acids is 2. The molecule has 0 aromatic rings. The van der Waals surface area contributed by atoms with E-state index >= 15 is 0 Å². The predicted molar refractivity (Wildman–Crippen MR) is 94.6 cm³/mol. The Bertz CT molecular complexity index is 662. The van der Waals surface area contributed by atoms with Gasteiger partial charge in [0, 0.05) is 0 Å². The summed E-state index contributed by atoms with van der Waals surface area (Å²) in [5.74, 6) is -4.12. The maximum absolute atomic E-state index is 12.5. The van der Waals surface area contributed by atoms with E-state index in [9.17, 15) is 27.9 Å². The molecule has 158 valence electrons. The zero-order valence-corrected chi connectivity index (χ0v) is 17.1. The number of imide groups is 1. The van der Waals surface area contributed by atoms with E-state index in [1.807, 2.05) is 0 Å². The van der Waals surface area contributed by atoms with E-state index in [1.165, 1.54) is 20.8 Å². The van der Waals surface area contributed by atoms with Crippen LogP contribution in [0.4, 0.5) is 4.79 Å². The van der Waals surface area contributed by atoms with Gasteiger partial charge in [-0.1, -0.05) is 0 Å². The number of nitrogens with zero attached hydrogens (tertiary/aromatic N) is 1. The highest BCUT2D eigenvalue weighted by Gasteiger charge is 2.41. The molecule has 0 rings (SSSR count). The average molecular weight is 412 g/mol. The van der Waals surface area contributed by atoms with Crippen LogP contribution in [0.2, 0.25) is 0 Å². The van der Waals surface area contributed by atoms with Crippen molar-refractivity contribution < 1.29 is 41.9 Å². The molecule has 4 N–H and O–H groups in total. The van der Waals surface area contributed by atoms with E-state index in [0.717, 1.165) is 0 Å². The second kappa shape index (κ2) is 8.95. The molecule has 0 aliphatic rings. The molecule has 0 spiro atoms. The molecule has 12 heteroatoms. The molecule has 0 aromatic carbocycles. The van der Waals surface area contributed by atoms with Crippen LogP contribution in [0.1, 0.15) is 41.5 Å². The fourth-order valence-electron chi connectivity index (χ4n) is 1.74. The topological polar surface area (TPSA) is 174 Å². The highest BCUT2D eigenvalue weighted by molar-refractivity contribution is 7.85. The first kappa shape index (κ1) is 25.2. The van der Waals surface area contributed by atoms with Crippen molar-refractivity contribution >= 4 is 28.1 Å². The third kappa shape index (κ3) is 10.2. The first-order valence-corrected chi connectivity index (χ1v) is 9.58. The third-order valence-corrected chi connectivity index (χ3v) is 3.59. The van der Waals surface area contributed by atoms with Gasteiger partial charge >= 0.3 is 12.1 Å². The number of carboxylic acids is 1. The molecule has 0 aromatic heterocycles. The van der Waals surface area contributed by atoms with Crippen LogP contribution in [0.25, 0.3) is 0 Å². The van der Waals surface area contributed by atoms with Crippen LogP contribution in [-0.2, 0) is 29.2 Å². The number of rotatable bonds is 7. The van der Waals surface area contributed by atoms with Crippen LogP contribution in [0.15, 0.2) is 0 Å². The van der Waals surface area contributed by atoms with Crippen molar-refractivity contribution in [2.45, 2.75) is 64.8 Å². The van der Waals surface area contributed by atoms with Gasteiger partial charge in [-0.3, -0.25) is 9.35 Å². The van der Waals surface area contributed by atoms with Crippen LogP contribution in [0, 0.1) is 0 Å². The van der Waals surface area contributed by atoms with Crippen molar-refractivity contribution in [3.8, 4) is 0 Å². The van der Waals surface area contributed by atoms with Crippen LogP contribution in [0.3, 0.4) is 0 Å². The molecule has 2 amide bonds. The van der Waals surface area contributed by atoms with Crippen molar-refractivity contribution in [3.63, 3.8) is 0 Å². The van der Waals surface area contributed by atoms with Gasteiger partial charge in [0.25, 0.3) is 16.0 Å². The van der Waals surface area contributed by atoms with Gasteiger partial charge in [0.15, 0.2) is 6.04 Å². The summed E-state index contributed by atoms with van der Waals surface area (Å²) in [7, 11) is -4.65. The maximum atomic E-state index is 12.5. The lowest BCUT2D eigenvalue weighted by Gasteiger charge is -2.32. The van der Waals surface area contributed by atoms with E-state index in [-0.39, 0.29) is 4.90 Å². The molecule has 0 unspecified atom stereocenters. The van der Waals surface area contributed by atoms with Gasteiger partial charge in [-0.15, -0.1) is 0 Å². The molecule has 0 saturated heterocycles. The van der Waals surface area contributed by atoms with E-state index in [2.05, 4.69) is 0 Å². The number of carbonyl (C=O) groups is 3. The zero-order chi connectivity index (χ0) is 21.8. The fraction of sp³-hybridized carbons (Fsp3) is 0.800. The van der Waals surface area contributed by atoms with Crippen LogP contribution >= 0.6 is 0 Å². The van der Waals surface area contributed by atoms with E-state index in [0.29, 0.717) is 0 Å². The summed E-state index contributed by atoms with van der Waals surface area (Å²) >= 11 is 0. The van der Waals surface area contributed by atoms with E-state index in [1.54, 1.807) is 20.8 Å². The summed E-state index contributed by atoms with van der Waals surface area (Å²) in [4.78, 5) is 36.8. The average Bonchev–Trinajstić information content (AvgIpc) is 2.36. The van der Waals surface area contributed by atoms with Gasteiger partial charge in [0.2, 0.25) is 0 Å². The summed E-state index contributed by atoms with van der Waals surface area (Å²) in [5, 5.41) is 9.46. The molecule has 0 aliphatic heterocycles. The largest absolute Gasteiger partial charge is 0.480 e. The van der Waals surface area contributed by atoms with Crippen molar-refractivity contribution in [2.75, 3.05) is 12.4 Å². The number of hydrogen-bond donors (Lipinski definition) is 3. The van der Waals surface area contributed by atoms with Crippen LogP contribution in [0.5, 0.6) is 0 Å². The highest BCUT2D eigenvalue weighted by Crippen LogP contribution is 2.16. The maximum Gasteiger partial charge on any atom is 0.417 e. The van der Waals surface area contributed by atoms with Gasteiger partial charge in [0.1, 0.15) is 11.6 Å². The number of aliphatic carboxylic acids is 1. The first-order chi connectivity index (χ1) is 11.8. The molecule has 27 heavy (non-hydrogen) atoms. The molecule has 0 bridgehead atoms. The first-order valence-electron chi connectivity index (χ1n) is 7.97. The lowest BCUT2D eigenvalue weighted by Crippen LogP contribution is -2.58. The number of ether oxygens (including phenoxy) is 2. The monoisotopic (exact) mass is 412 g/mol. The highest BCUT2D eigenvalue weighted by atomic mass is 32.2. The predicted octanol–water partition coefficient (Wildman–Crippen LogP) is 0.234. The van der Waals surface area contributed by atoms with Crippen LogP contribution in [-0.4, -0.2) is 76.6 Å². The van der Waals surface area contributed by atoms with Gasteiger partial charge in [-0.05, 0) is 41.5 Å². The quantitative estimate of drug-likeness (QED) is 0.491. The Kier molecular flexibility index (Phi) is 8.37. The van der Waals surface area contributed by atoms with Gasteiger partial charge in [0.05, 0.1) is 18.0 Å². The number of amides is 2. The third-order valence-electron chi connectivity index (χ3n) is 2.81. The Morgan fingerprint density at radius 3 is 1.89 bits per heavy atom. The standard InChI is InChI=1S/C15H28N2O9S/c1-14(2,3)25-7-10(12(19)20)17(13(21)26-15(4,5)6)11(18)9(16)8-27(22,23)24/h9-10H,7-8,16H2,1-6H3,(H,19,20)(H,22,23,24)/t9-,10-/m0/s1. The second-order valence-electron chi connectivity index (χ2n) is 7.82. The molecular weight excluding hydrogens is 384 g/mol. The molecule has 0 radical (unpaired) electrons. The normalized spacial score (nSPS) is 15.0. The number of hydrogen-bond acceptors (Lipinski definition) is 8. The summed E-state index contributed by atoms with van der Waals surface area (Å²) in [6.07, 6.45) is -1.33. The minimum absolute atomic E-state index is 0.204. The fourth-order valence-corrected chi connectivity index (χ4v) is 2.34. The van der Waals surface area contributed by atoms with Crippen molar-refractivity contribution in [2.24, 2.45) is 5.73 Å². The lowest BCUT2D eigenvalue weighted by molar-refractivity contribution is -0.155. The number of carboxylic acid groups (broad SMARTS) is 1.